The van der Waals surface area contributed by atoms with E-state index in [-0.39, 0.29) is 5.91 Å². The molecule has 1 amide bonds. The standard InChI is InChI=1S/C15H19N3O2/c1-17-5-7-18(8-6-17)15(19)13-10-16-14-9-11(20-2)3-4-12(13)14/h3-4,9-10,16H,5-8H2,1-2H3. The number of aromatic amines is 1. The normalized spacial score (nSPS) is 16.6. The molecule has 20 heavy (non-hydrogen) atoms. The van der Waals surface area contributed by atoms with Gasteiger partial charge >= 0.3 is 0 Å². The molecule has 1 aliphatic heterocycles. The van der Waals surface area contributed by atoms with E-state index in [4.69, 9.17) is 4.74 Å². The Morgan fingerprint density at radius 3 is 2.70 bits per heavy atom. The zero-order valence-electron chi connectivity index (χ0n) is 11.8. The van der Waals surface area contributed by atoms with Crippen molar-refractivity contribution in [1.82, 2.24) is 14.8 Å². The van der Waals surface area contributed by atoms with Crippen LogP contribution < -0.4 is 4.74 Å². The SMILES string of the molecule is COc1ccc2c(C(=O)N3CCN(C)CC3)c[nH]c2c1. The summed E-state index contributed by atoms with van der Waals surface area (Å²) in [6, 6.07) is 5.74. The Balaban J connectivity index is 1.88. The van der Waals surface area contributed by atoms with Crippen LogP contribution in [0.25, 0.3) is 10.9 Å². The molecule has 0 unspecified atom stereocenters. The monoisotopic (exact) mass is 273 g/mol. The van der Waals surface area contributed by atoms with Crippen molar-refractivity contribution in [2.75, 3.05) is 40.3 Å². The molecule has 0 saturated carbocycles. The predicted molar refractivity (Wildman–Crippen MR) is 78.3 cm³/mol. The third-order valence-electron chi connectivity index (χ3n) is 3.91. The lowest BCUT2D eigenvalue weighted by molar-refractivity contribution is 0.0666. The van der Waals surface area contributed by atoms with E-state index in [9.17, 15) is 4.79 Å². The molecule has 0 aliphatic carbocycles. The molecular weight excluding hydrogens is 254 g/mol. The Kier molecular flexibility index (Phi) is 3.36. The van der Waals surface area contributed by atoms with Gasteiger partial charge in [-0.15, -0.1) is 0 Å². The Morgan fingerprint density at radius 2 is 2.00 bits per heavy atom. The molecule has 0 bridgehead atoms. The number of piperazine rings is 1. The lowest BCUT2D eigenvalue weighted by Gasteiger charge is -2.32. The first-order valence-corrected chi connectivity index (χ1v) is 6.82. The van der Waals surface area contributed by atoms with Gasteiger partial charge in [0.05, 0.1) is 12.7 Å². The second-order valence-electron chi connectivity index (χ2n) is 5.21. The minimum atomic E-state index is 0.106. The minimum Gasteiger partial charge on any atom is -0.497 e. The summed E-state index contributed by atoms with van der Waals surface area (Å²) in [7, 11) is 3.72. The summed E-state index contributed by atoms with van der Waals surface area (Å²) in [6.45, 7) is 3.44. The number of carbonyl (C=O) groups is 1. The van der Waals surface area contributed by atoms with Gasteiger partial charge in [0, 0.05) is 49.3 Å². The van der Waals surface area contributed by atoms with Crippen LogP contribution in [-0.2, 0) is 0 Å². The lowest BCUT2D eigenvalue weighted by Crippen LogP contribution is -2.47. The molecule has 106 valence electrons. The van der Waals surface area contributed by atoms with Crippen LogP contribution in [-0.4, -0.2) is 61.0 Å². The highest BCUT2D eigenvalue weighted by atomic mass is 16.5. The van der Waals surface area contributed by atoms with Crippen molar-refractivity contribution in [2.45, 2.75) is 0 Å². The topological polar surface area (TPSA) is 48.6 Å². The highest BCUT2D eigenvalue weighted by Gasteiger charge is 2.22. The van der Waals surface area contributed by atoms with Crippen LogP contribution in [0.2, 0.25) is 0 Å². The first kappa shape index (κ1) is 13.0. The van der Waals surface area contributed by atoms with Gasteiger partial charge in [-0.25, -0.2) is 0 Å². The molecule has 5 heteroatoms. The average molecular weight is 273 g/mol. The zero-order chi connectivity index (χ0) is 14.1. The predicted octanol–water partition coefficient (Wildman–Crippen LogP) is 1.56. The number of rotatable bonds is 2. The van der Waals surface area contributed by atoms with E-state index in [1.54, 1.807) is 13.3 Å². The summed E-state index contributed by atoms with van der Waals surface area (Å²) in [6.07, 6.45) is 1.80. The van der Waals surface area contributed by atoms with E-state index < -0.39 is 0 Å². The van der Waals surface area contributed by atoms with Gasteiger partial charge in [-0.1, -0.05) is 0 Å². The Morgan fingerprint density at radius 1 is 1.25 bits per heavy atom. The largest absolute Gasteiger partial charge is 0.497 e. The van der Waals surface area contributed by atoms with Crippen LogP contribution in [0.5, 0.6) is 5.75 Å². The number of nitrogens with one attached hydrogen (secondary N) is 1. The number of hydrogen-bond donors (Lipinski definition) is 1. The molecule has 1 fully saturated rings. The number of carbonyl (C=O) groups excluding carboxylic acids is 1. The summed E-state index contributed by atoms with van der Waals surface area (Å²) in [4.78, 5) is 19.9. The second-order valence-corrected chi connectivity index (χ2v) is 5.21. The lowest BCUT2D eigenvalue weighted by atomic mass is 10.1. The van der Waals surface area contributed by atoms with Crippen molar-refractivity contribution in [1.29, 1.82) is 0 Å². The maximum atomic E-state index is 12.6. The van der Waals surface area contributed by atoms with E-state index in [0.717, 1.165) is 48.4 Å². The molecule has 1 N–H and O–H groups in total. The fraction of sp³-hybridized carbons (Fsp3) is 0.400. The third-order valence-corrected chi connectivity index (χ3v) is 3.91. The Bertz CT molecular complexity index is 627. The first-order valence-electron chi connectivity index (χ1n) is 6.82. The van der Waals surface area contributed by atoms with E-state index >= 15 is 0 Å². The number of nitrogens with zero attached hydrogens (tertiary/aromatic N) is 2. The smallest absolute Gasteiger partial charge is 0.256 e. The van der Waals surface area contributed by atoms with Crippen molar-refractivity contribution in [3.8, 4) is 5.75 Å². The fourth-order valence-electron chi connectivity index (χ4n) is 2.59. The van der Waals surface area contributed by atoms with Crippen molar-refractivity contribution >= 4 is 16.8 Å². The Labute approximate surface area is 118 Å². The second kappa shape index (κ2) is 5.17. The summed E-state index contributed by atoms with van der Waals surface area (Å²) < 4.78 is 5.20. The third kappa shape index (κ3) is 2.25. The highest BCUT2D eigenvalue weighted by Crippen LogP contribution is 2.24. The fourth-order valence-corrected chi connectivity index (χ4v) is 2.59. The van der Waals surface area contributed by atoms with Gasteiger partial charge in [0.2, 0.25) is 0 Å². The summed E-state index contributed by atoms with van der Waals surface area (Å²) in [5.41, 5.74) is 1.68. The van der Waals surface area contributed by atoms with E-state index in [2.05, 4.69) is 16.9 Å². The molecule has 0 atom stereocenters. The maximum absolute atomic E-state index is 12.6. The number of H-pyrrole nitrogens is 1. The number of methoxy groups -OCH3 is 1. The van der Waals surface area contributed by atoms with Crippen molar-refractivity contribution in [2.24, 2.45) is 0 Å². The zero-order valence-corrected chi connectivity index (χ0v) is 11.8. The van der Waals surface area contributed by atoms with Gasteiger partial charge in [-0.2, -0.15) is 0 Å². The molecule has 1 saturated heterocycles. The molecule has 2 aromatic rings. The Hall–Kier alpha value is -2.01. The molecule has 1 aromatic carbocycles. The van der Waals surface area contributed by atoms with Gasteiger partial charge in [0.15, 0.2) is 0 Å². The number of ether oxygens (including phenoxy) is 1. The molecule has 1 aliphatic rings. The quantitative estimate of drug-likeness (QED) is 0.903. The van der Waals surface area contributed by atoms with Crippen molar-refractivity contribution in [3.05, 3.63) is 30.0 Å². The number of likely N-dealkylation sites (N-methyl/N-ethyl adjacent to an activating group) is 1. The molecule has 3 rings (SSSR count). The first-order chi connectivity index (χ1) is 9.69. The number of amides is 1. The van der Waals surface area contributed by atoms with E-state index in [1.807, 2.05) is 23.1 Å². The average Bonchev–Trinajstić information content (AvgIpc) is 2.90. The number of fused-ring (bicyclic) bond motifs is 1. The highest BCUT2D eigenvalue weighted by molar-refractivity contribution is 6.07. The van der Waals surface area contributed by atoms with Crippen LogP contribution in [0.15, 0.2) is 24.4 Å². The van der Waals surface area contributed by atoms with E-state index in [1.165, 1.54) is 0 Å². The van der Waals surface area contributed by atoms with Gasteiger partial charge in [0.25, 0.3) is 5.91 Å². The molecule has 0 radical (unpaired) electrons. The molecule has 2 heterocycles. The van der Waals surface area contributed by atoms with Crippen molar-refractivity contribution < 1.29 is 9.53 Å². The van der Waals surface area contributed by atoms with Crippen LogP contribution >= 0.6 is 0 Å². The molecule has 1 aromatic heterocycles. The summed E-state index contributed by atoms with van der Waals surface area (Å²) in [5.74, 6) is 0.896. The van der Waals surface area contributed by atoms with Gasteiger partial charge in [-0.3, -0.25) is 4.79 Å². The minimum absolute atomic E-state index is 0.106. The number of aromatic nitrogens is 1. The number of benzene rings is 1. The summed E-state index contributed by atoms with van der Waals surface area (Å²) >= 11 is 0. The molecular formula is C15H19N3O2. The van der Waals surface area contributed by atoms with E-state index in [0.29, 0.717) is 0 Å². The van der Waals surface area contributed by atoms with Crippen molar-refractivity contribution in [3.63, 3.8) is 0 Å². The van der Waals surface area contributed by atoms with Gasteiger partial charge in [0.1, 0.15) is 5.75 Å². The van der Waals surface area contributed by atoms with Gasteiger partial charge < -0.3 is 19.5 Å². The number of hydrogen-bond acceptors (Lipinski definition) is 3. The maximum Gasteiger partial charge on any atom is 0.256 e. The van der Waals surface area contributed by atoms with Gasteiger partial charge in [-0.05, 0) is 19.2 Å². The van der Waals surface area contributed by atoms with Crippen LogP contribution in [0.1, 0.15) is 10.4 Å². The molecule has 0 spiro atoms. The van der Waals surface area contributed by atoms with Crippen LogP contribution in [0.3, 0.4) is 0 Å². The van der Waals surface area contributed by atoms with Crippen LogP contribution in [0, 0.1) is 0 Å². The summed E-state index contributed by atoms with van der Waals surface area (Å²) in [5, 5.41) is 0.953. The molecule has 5 nitrogen and oxygen atoms in total. The van der Waals surface area contributed by atoms with Crippen LogP contribution in [0.4, 0.5) is 0 Å².